The molecule has 15 heteroatoms. The van der Waals surface area contributed by atoms with Crippen LogP contribution < -0.4 is 16.4 Å². The fourth-order valence-electron chi connectivity index (χ4n) is 5.84. The SMILES string of the molecule is CNC(=O)NC1[C@@H]2CC(OC3OCC(O)[C@H](N)[C@@H]3O)/C=C/C=C/C=C/C=C/CC(C)OC(=O)/C=C/[C@H]3OC3CC(O)CC(O)(C[C@@H]1O)O2. The van der Waals surface area contributed by atoms with E-state index in [2.05, 4.69) is 10.6 Å². The van der Waals surface area contributed by atoms with E-state index in [0.717, 1.165) is 0 Å². The van der Waals surface area contributed by atoms with E-state index in [1.54, 1.807) is 49.5 Å². The van der Waals surface area contributed by atoms with Gasteiger partial charge < -0.3 is 65.6 Å². The van der Waals surface area contributed by atoms with Crippen LogP contribution in [-0.4, -0.2) is 130 Å². The number of hydrogen-bond donors (Lipinski definition) is 8. The summed E-state index contributed by atoms with van der Waals surface area (Å²) in [4.78, 5) is 24.5. The Labute approximate surface area is 279 Å². The highest BCUT2D eigenvalue weighted by molar-refractivity contribution is 5.82. The van der Waals surface area contributed by atoms with E-state index in [1.165, 1.54) is 13.1 Å². The van der Waals surface area contributed by atoms with E-state index < -0.39 is 85.0 Å². The summed E-state index contributed by atoms with van der Waals surface area (Å²) >= 11 is 0. The molecule has 13 atom stereocenters. The Hall–Kier alpha value is -2.96. The molecule has 15 nitrogen and oxygen atoms in total. The van der Waals surface area contributed by atoms with Gasteiger partial charge in [0.2, 0.25) is 0 Å². The van der Waals surface area contributed by atoms with E-state index in [0.29, 0.717) is 6.42 Å². The second-order valence-corrected chi connectivity index (χ2v) is 12.5. The number of urea groups is 1. The minimum absolute atomic E-state index is 0.0513. The van der Waals surface area contributed by atoms with Crippen LogP contribution in [0.4, 0.5) is 4.79 Å². The first kappa shape index (κ1) is 37.9. The van der Waals surface area contributed by atoms with Gasteiger partial charge in [0.25, 0.3) is 0 Å². The number of allylic oxidation sites excluding steroid dienone is 6. The molecule has 0 spiro atoms. The molecule has 0 aliphatic carbocycles. The Balaban J connectivity index is 1.59. The number of fused-ring (bicyclic) bond motifs is 3. The average molecular weight is 680 g/mol. The van der Waals surface area contributed by atoms with Crippen LogP contribution in [0.3, 0.4) is 0 Å². The Morgan fingerprint density at radius 3 is 2.48 bits per heavy atom. The molecule has 4 rings (SSSR count). The first-order valence-electron chi connectivity index (χ1n) is 16.2. The molecule has 9 N–H and O–H groups in total. The van der Waals surface area contributed by atoms with Gasteiger partial charge in [-0.2, -0.15) is 0 Å². The summed E-state index contributed by atoms with van der Waals surface area (Å²) in [6.07, 6.45) is 7.71. The van der Waals surface area contributed by atoms with Gasteiger partial charge in [0.05, 0.1) is 55.3 Å². The van der Waals surface area contributed by atoms with Gasteiger partial charge in [-0.05, 0) is 13.0 Å². The number of amides is 2. The Morgan fingerprint density at radius 2 is 1.73 bits per heavy atom. The maximum absolute atomic E-state index is 12.3. The van der Waals surface area contributed by atoms with E-state index in [4.69, 9.17) is 29.4 Å². The third kappa shape index (κ3) is 11.3. The first-order valence-corrected chi connectivity index (χ1v) is 16.2. The van der Waals surface area contributed by atoms with Gasteiger partial charge in [-0.3, -0.25) is 0 Å². The molecule has 0 radical (unpaired) electrons. The van der Waals surface area contributed by atoms with Gasteiger partial charge >= 0.3 is 12.0 Å². The van der Waals surface area contributed by atoms with E-state index >= 15 is 0 Å². The topological polar surface area (TPSA) is 235 Å². The first-order chi connectivity index (χ1) is 22.9. The Morgan fingerprint density at radius 1 is 1.00 bits per heavy atom. The van der Waals surface area contributed by atoms with Crippen LogP contribution in [0.1, 0.15) is 39.0 Å². The summed E-state index contributed by atoms with van der Waals surface area (Å²) in [6.45, 7) is 1.61. The molecule has 4 aliphatic rings. The molecular formula is C33H49N3O12. The fraction of sp³-hybridized carbons (Fsp3) is 0.636. The molecule has 268 valence electrons. The van der Waals surface area contributed by atoms with Crippen LogP contribution in [0.2, 0.25) is 0 Å². The molecule has 2 bridgehead atoms. The molecule has 0 aromatic rings. The van der Waals surface area contributed by atoms with E-state index in [-0.39, 0.29) is 38.4 Å². The maximum atomic E-state index is 12.3. The highest BCUT2D eigenvalue weighted by atomic mass is 16.7. The van der Waals surface area contributed by atoms with Gasteiger partial charge in [0.15, 0.2) is 12.1 Å². The van der Waals surface area contributed by atoms with Crippen LogP contribution in [0.5, 0.6) is 0 Å². The lowest BCUT2D eigenvalue weighted by Crippen LogP contribution is -2.63. The molecule has 2 amide bonds. The number of nitrogens with two attached hydrogens (primary N) is 1. The predicted molar refractivity (Wildman–Crippen MR) is 171 cm³/mol. The van der Waals surface area contributed by atoms with Crippen molar-refractivity contribution in [3.63, 3.8) is 0 Å². The van der Waals surface area contributed by atoms with Gasteiger partial charge in [-0.1, -0.05) is 48.6 Å². The number of ether oxygens (including phenoxy) is 5. The van der Waals surface area contributed by atoms with E-state index in [9.17, 15) is 35.1 Å². The maximum Gasteiger partial charge on any atom is 0.330 e. The number of esters is 1. The summed E-state index contributed by atoms with van der Waals surface area (Å²) in [5, 5.41) is 59.3. The molecule has 48 heavy (non-hydrogen) atoms. The third-order valence-electron chi connectivity index (χ3n) is 8.47. The number of nitrogens with one attached hydrogen (secondary N) is 2. The normalized spacial score (nSPS) is 44.8. The smallest absolute Gasteiger partial charge is 0.330 e. The summed E-state index contributed by atoms with van der Waals surface area (Å²) in [6, 6.07) is -2.62. The van der Waals surface area contributed by atoms with Crippen LogP contribution in [-0.2, 0) is 28.5 Å². The second kappa shape index (κ2) is 17.6. The van der Waals surface area contributed by atoms with Crippen molar-refractivity contribution >= 4 is 12.0 Å². The number of rotatable bonds is 3. The molecule has 3 saturated heterocycles. The van der Waals surface area contributed by atoms with Crippen molar-refractivity contribution in [2.75, 3.05) is 13.7 Å². The number of aliphatic hydroxyl groups is 5. The number of epoxide rings is 1. The molecule has 3 fully saturated rings. The zero-order valence-corrected chi connectivity index (χ0v) is 27.1. The summed E-state index contributed by atoms with van der Waals surface area (Å²) in [5.74, 6) is -2.51. The van der Waals surface area contributed by atoms with Crippen molar-refractivity contribution < 1.29 is 58.8 Å². The Kier molecular flexibility index (Phi) is 13.9. The standard InChI is InChI=1S/C33H49N3O12/c1-19-10-8-6-4-3-5-7-9-11-21(46-31-30(41)28(34)23(39)18-44-31)15-26-29(36-32(42)35-2)22(38)17-33(43,48-26)16-20(37)14-25-24(47-25)12-13-27(40)45-19/h3-9,11-13,19-26,28-31,37-39,41,43H,10,14-18,34H2,1-2H3,(H2,35,36,42)/b4-3+,7-5+,8-6+,11-9+,13-12+/t19?,20?,21?,22-,23?,24+,25?,26-,28-,29?,30-,31?,33?/m0/s1. The number of cyclic esters (lactones) is 1. The van der Waals surface area contributed by atoms with Crippen molar-refractivity contribution in [2.24, 2.45) is 5.73 Å². The molecule has 4 heterocycles. The number of carbonyl (C=O) groups is 2. The van der Waals surface area contributed by atoms with Crippen molar-refractivity contribution in [3.05, 3.63) is 60.8 Å². The number of hydrogen-bond acceptors (Lipinski definition) is 13. The molecule has 8 unspecified atom stereocenters. The van der Waals surface area contributed by atoms with Crippen LogP contribution in [0, 0.1) is 0 Å². The monoisotopic (exact) mass is 679 g/mol. The lowest BCUT2D eigenvalue weighted by Gasteiger charge is -2.46. The average Bonchev–Trinajstić information content (AvgIpc) is 3.77. The highest BCUT2D eigenvalue weighted by Crippen LogP contribution is 2.36. The van der Waals surface area contributed by atoms with Crippen LogP contribution in [0.15, 0.2) is 60.8 Å². The largest absolute Gasteiger partial charge is 0.459 e. The minimum Gasteiger partial charge on any atom is -0.459 e. The van der Waals surface area contributed by atoms with Gasteiger partial charge in [-0.25, -0.2) is 9.59 Å². The quantitative estimate of drug-likeness (QED) is 0.137. The summed E-state index contributed by atoms with van der Waals surface area (Å²) < 4.78 is 28.7. The number of carbonyl (C=O) groups excluding carboxylic acids is 2. The fourth-order valence-corrected chi connectivity index (χ4v) is 5.84. The number of aliphatic hydroxyl groups excluding tert-OH is 4. The molecule has 0 aromatic carbocycles. The van der Waals surface area contributed by atoms with Crippen LogP contribution >= 0.6 is 0 Å². The third-order valence-corrected chi connectivity index (χ3v) is 8.47. The summed E-state index contributed by atoms with van der Waals surface area (Å²) in [7, 11) is 1.41. The predicted octanol–water partition coefficient (Wildman–Crippen LogP) is -0.672. The molecule has 0 saturated carbocycles. The van der Waals surface area contributed by atoms with Gasteiger partial charge in [-0.15, -0.1) is 0 Å². The highest BCUT2D eigenvalue weighted by Gasteiger charge is 2.49. The molecule has 4 aliphatic heterocycles. The van der Waals surface area contributed by atoms with E-state index in [1.807, 2.05) is 12.2 Å². The van der Waals surface area contributed by atoms with Crippen molar-refractivity contribution in [1.82, 2.24) is 10.6 Å². The van der Waals surface area contributed by atoms with Crippen molar-refractivity contribution in [1.29, 1.82) is 0 Å². The Bertz CT molecular complexity index is 1230. The zero-order valence-electron chi connectivity index (χ0n) is 27.1. The molecule has 0 aromatic heterocycles. The zero-order chi connectivity index (χ0) is 34.8. The van der Waals surface area contributed by atoms with Gasteiger partial charge in [0.1, 0.15) is 18.3 Å². The summed E-state index contributed by atoms with van der Waals surface area (Å²) in [5.41, 5.74) is 5.94. The van der Waals surface area contributed by atoms with Crippen LogP contribution in [0.25, 0.3) is 0 Å². The van der Waals surface area contributed by atoms with Crippen molar-refractivity contribution in [2.45, 2.75) is 118 Å². The lowest BCUT2D eigenvalue weighted by atomic mass is 9.87. The molecular weight excluding hydrogens is 630 g/mol. The van der Waals surface area contributed by atoms with Gasteiger partial charge in [0, 0.05) is 45.2 Å². The second-order valence-electron chi connectivity index (χ2n) is 12.5. The lowest BCUT2D eigenvalue weighted by molar-refractivity contribution is -0.298. The van der Waals surface area contributed by atoms with Crippen molar-refractivity contribution in [3.8, 4) is 0 Å². The minimum atomic E-state index is -2.00.